The van der Waals surface area contributed by atoms with Crippen LogP contribution in [0.5, 0.6) is 0 Å². The molecule has 0 saturated heterocycles. The SMILES string of the molecule is O=S1(=O)c2c(ccc3ccccc23)C(=S)N1c1ccccc1. The number of para-hydroxylation sites is 1. The fourth-order valence-electron chi connectivity index (χ4n) is 2.82. The van der Waals surface area contributed by atoms with E-state index in [0.29, 0.717) is 26.5 Å². The fraction of sp³-hybridized carbons (Fsp3) is 0. The maximum absolute atomic E-state index is 13.0. The second kappa shape index (κ2) is 4.63. The Morgan fingerprint density at radius 3 is 2.27 bits per heavy atom. The second-order valence-electron chi connectivity index (χ2n) is 5.07. The molecular weight excluding hydrogens is 314 g/mol. The third-order valence-electron chi connectivity index (χ3n) is 3.78. The topological polar surface area (TPSA) is 37.4 Å². The summed E-state index contributed by atoms with van der Waals surface area (Å²) in [6, 6.07) is 20.1. The Hall–Kier alpha value is -2.24. The molecule has 0 saturated carbocycles. The van der Waals surface area contributed by atoms with Crippen LogP contribution in [0.2, 0.25) is 0 Å². The van der Waals surface area contributed by atoms with E-state index >= 15 is 0 Å². The van der Waals surface area contributed by atoms with Crippen LogP contribution < -0.4 is 4.31 Å². The molecule has 0 atom stereocenters. The van der Waals surface area contributed by atoms with Crippen molar-refractivity contribution in [2.45, 2.75) is 4.90 Å². The van der Waals surface area contributed by atoms with Gasteiger partial charge in [0, 0.05) is 10.9 Å². The summed E-state index contributed by atoms with van der Waals surface area (Å²) in [5.41, 5.74) is 1.16. The van der Waals surface area contributed by atoms with Crippen molar-refractivity contribution in [3.63, 3.8) is 0 Å². The fourth-order valence-corrected chi connectivity index (χ4v) is 5.26. The van der Waals surface area contributed by atoms with Gasteiger partial charge in [-0.15, -0.1) is 0 Å². The van der Waals surface area contributed by atoms with Crippen molar-refractivity contribution in [1.29, 1.82) is 0 Å². The predicted molar refractivity (Wildman–Crippen MR) is 91.8 cm³/mol. The van der Waals surface area contributed by atoms with Crippen molar-refractivity contribution in [3.05, 3.63) is 72.3 Å². The van der Waals surface area contributed by atoms with Gasteiger partial charge in [0.25, 0.3) is 10.0 Å². The van der Waals surface area contributed by atoms with E-state index in [-0.39, 0.29) is 0 Å². The average Bonchev–Trinajstić information content (AvgIpc) is 2.75. The smallest absolute Gasteiger partial charge is 0.224 e. The standard InChI is InChI=1S/C17H11NO2S2/c19-22(20)16-14-9-5-4-6-12(14)10-11-15(16)17(21)18(22)13-7-2-1-3-8-13/h1-11H. The van der Waals surface area contributed by atoms with Gasteiger partial charge in [-0.1, -0.05) is 60.7 Å². The number of hydrogen-bond donors (Lipinski definition) is 0. The van der Waals surface area contributed by atoms with Gasteiger partial charge in [0.05, 0.1) is 5.69 Å². The highest BCUT2D eigenvalue weighted by Crippen LogP contribution is 2.39. The molecule has 0 aromatic heterocycles. The molecule has 5 heteroatoms. The summed E-state index contributed by atoms with van der Waals surface area (Å²) in [6.07, 6.45) is 0. The van der Waals surface area contributed by atoms with Gasteiger partial charge in [0.1, 0.15) is 9.88 Å². The third-order valence-corrected chi connectivity index (χ3v) is 6.13. The molecule has 0 aliphatic carbocycles. The summed E-state index contributed by atoms with van der Waals surface area (Å²) in [7, 11) is -3.68. The number of sulfonamides is 1. The summed E-state index contributed by atoms with van der Waals surface area (Å²) in [5, 5.41) is 1.60. The quantitative estimate of drug-likeness (QED) is 0.640. The Morgan fingerprint density at radius 2 is 1.50 bits per heavy atom. The number of anilines is 1. The summed E-state index contributed by atoms with van der Waals surface area (Å²) in [4.78, 5) is 0.631. The van der Waals surface area contributed by atoms with E-state index in [2.05, 4.69) is 0 Å². The molecule has 0 spiro atoms. The molecule has 3 aromatic rings. The van der Waals surface area contributed by atoms with E-state index in [4.69, 9.17) is 12.2 Å². The van der Waals surface area contributed by atoms with Gasteiger partial charge >= 0.3 is 0 Å². The lowest BCUT2D eigenvalue weighted by molar-refractivity contribution is 0.600. The number of benzene rings is 3. The first-order chi connectivity index (χ1) is 10.6. The zero-order valence-corrected chi connectivity index (χ0v) is 13.1. The molecule has 0 N–H and O–H groups in total. The summed E-state index contributed by atoms with van der Waals surface area (Å²) in [5.74, 6) is 0. The van der Waals surface area contributed by atoms with Gasteiger partial charge in [0.15, 0.2) is 0 Å². The highest BCUT2D eigenvalue weighted by Gasteiger charge is 2.40. The Balaban J connectivity index is 2.06. The lowest BCUT2D eigenvalue weighted by Gasteiger charge is -2.16. The van der Waals surface area contributed by atoms with Crippen LogP contribution in [0.4, 0.5) is 5.69 Å². The normalized spacial score (nSPS) is 16.0. The lowest BCUT2D eigenvalue weighted by Crippen LogP contribution is -2.28. The first-order valence-electron chi connectivity index (χ1n) is 6.77. The van der Waals surface area contributed by atoms with Crippen LogP contribution in [0.3, 0.4) is 0 Å². The molecule has 3 aromatic carbocycles. The molecule has 4 rings (SSSR count). The molecule has 0 bridgehead atoms. The zero-order valence-electron chi connectivity index (χ0n) is 11.4. The van der Waals surface area contributed by atoms with Gasteiger partial charge in [-0.3, -0.25) is 0 Å². The molecule has 0 amide bonds. The largest absolute Gasteiger partial charge is 0.270 e. The number of hydrogen-bond acceptors (Lipinski definition) is 3. The van der Waals surface area contributed by atoms with Crippen molar-refractivity contribution in [2.75, 3.05) is 4.31 Å². The van der Waals surface area contributed by atoms with E-state index in [0.717, 1.165) is 5.39 Å². The Bertz CT molecular complexity index is 1010. The second-order valence-corrected chi connectivity index (χ2v) is 7.18. The van der Waals surface area contributed by atoms with Crippen molar-refractivity contribution in [2.24, 2.45) is 0 Å². The van der Waals surface area contributed by atoms with Crippen LogP contribution in [0.15, 0.2) is 71.6 Å². The Labute approximate surface area is 133 Å². The van der Waals surface area contributed by atoms with Crippen LogP contribution in [-0.2, 0) is 10.0 Å². The van der Waals surface area contributed by atoms with Crippen LogP contribution >= 0.6 is 12.2 Å². The lowest BCUT2D eigenvalue weighted by atomic mass is 10.1. The minimum Gasteiger partial charge on any atom is -0.224 e. The van der Waals surface area contributed by atoms with Gasteiger partial charge in [0.2, 0.25) is 0 Å². The molecule has 0 radical (unpaired) electrons. The van der Waals surface area contributed by atoms with Crippen LogP contribution in [0.1, 0.15) is 5.56 Å². The highest BCUT2D eigenvalue weighted by atomic mass is 32.2. The van der Waals surface area contributed by atoms with Crippen LogP contribution in [0.25, 0.3) is 10.8 Å². The first kappa shape index (κ1) is 13.4. The van der Waals surface area contributed by atoms with Crippen molar-refractivity contribution >= 4 is 43.7 Å². The molecule has 1 aliphatic rings. The van der Waals surface area contributed by atoms with E-state index in [1.54, 1.807) is 30.3 Å². The molecule has 0 fully saturated rings. The van der Waals surface area contributed by atoms with Gasteiger partial charge in [-0.05, 0) is 23.6 Å². The predicted octanol–water partition coefficient (Wildman–Crippen LogP) is 3.72. The summed E-state index contributed by atoms with van der Waals surface area (Å²) < 4.78 is 27.3. The van der Waals surface area contributed by atoms with Crippen molar-refractivity contribution < 1.29 is 8.42 Å². The van der Waals surface area contributed by atoms with Crippen LogP contribution in [-0.4, -0.2) is 13.4 Å². The minimum absolute atomic E-state index is 0.305. The minimum atomic E-state index is -3.68. The van der Waals surface area contributed by atoms with E-state index in [1.165, 1.54) is 4.31 Å². The van der Waals surface area contributed by atoms with Crippen LogP contribution in [0, 0.1) is 0 Å². The molecule has 22 heavy (non-hydrogen) atoms. The average molecular weight is 325 g/mol. The molecule has 108 valence electrons. The highest BCUT2D eigenvalue weighted by molar-refractivity contribution is 7.97. The monoisotopic (exact) mass is 325 g/mol. The van der Waals surface area contributed by atoms with Gasteiger partial charge in [-0.2, -0.15) is 0 Å². The van der Waals surface area contributed by atoms with E-state index in [1.807, 2.05) is 36.4 Å². The number of nitrogens with zero attached hydrogens (tertiary/aromatic N) is 1. The number of rotatable bonds is 1. The van der Waals surface area contributed by atoms with Gasteiger partial charge < -0.3 is 0 Å². The molecule has 3 nitrogen and oxygen atoms in total. The summed E-state index contributed by atoms with van der Waals surface area (Å²) in [6.45, 7) is 0. The zero-order chi connectivity index (χ0) is 15.3. The summed E-state index contributed by atoms with van der Waals surface area (Å²) >= 11 is 5.44. The van der Waals surface area contributed by atoms with Gasteiger partial charge in [-0.25, -0.2) is 12.7 Å². The van der Waals surface area contributed by atoms with Crippen molar-refractivity contribution in [3.8, 4) is 0 Å². The number of thiocarbonyl (C=S) groups is 1. The van der Waals surface area contributed by atoms with E-state index < -0.39 is 10.0 Å². The molecule has 0 unspecified atom stereocenters. The number of fused-ring (bicyclic) bond motifs is 3. The van der Waals surface area contributed by atoms with Crippen molar-refractivity contribution in [1.82, 2.24) is 0 Å². The first-order valence-corrected chi connectivity index (χ1v) is 8.62. The third kappa shape index (κ3) is 1.73. The maximum Gasteiger partial charge on any atom is 0.270 e. The van der Waals surface area contributed by atoms with E-state index in [9.17, 15) is 8.42 Å². The Kier molecular flexibility index (Phi) is 2.82. The molecular formula is C17H11NO2S2. The molecule has 1 aliphatic heterocycles. The Morgan fingerprint density at radius 1 is 0.818 bits per heavy atom. The maximum atomic E-state index is 13.0. The molecule has 1 heterocycles.